The van der Waals surface area contributed by atoms with Crippen LogP contribution in [-0.4, -0.2) is 16.2 Å². The van der Waals surface area contributed by atoms with Crippen LogP contribution in [-0.2, 0) is 10.3 Å². The Kier molecular flexibility index (Phi) is 3.31. The van der Waals surface area contributed by atoms with Gasteiger partial charge in [0.1, 0.15) is 5.75 Å². The van der Waals surface area contributed by atoms with E-state index in [1.54, 1.807) is 12.1 Å². The molecule has 0 amide bonds. The number of carboxylic acid groups (broad SMARTS) is 1. The van der Waals surface area contributed by atoms with Gasteiger partial charge in [0.25, 0.3) is 0 Å². The van der Waals surface area contributed by atoms with E-state index in [1.807, 2.05) is 6.92 Å². The molecule has 1 aromatic rings. The Morgan fingerprint density at radius 2 is 1.93 bits per heavy atom. The van der Waals surface area contributed by atoms with Crippen LogP contribution >= 0.6 is 0 Å². The van der Waals surface area contributed by atoms with Gasteiger partial charge in [-0.2, -0.15) is 0 Å². The highest BCUT2D eigenvalue weighted by Crippen LogP contribution is 2.27. The van der Waals surface area contributed by atoms with Gasteiger partial charge in [0, 0.05) is 0 Å². The quantitative estimate of drug-likeness (QED) is 0.700. The molecule has 0 heterocycles. The number of carboxylic acids is 1. The molecule has 0 aromatic heterocycles. The summed E-state index contributed by atoms with van der Waals surface area (Å²) in [7, 11) is 0. The van der Waals surface area contributed by atoms with Crippen molar-refractivity contribution in [1.29, 1.82) is 0 Å². The first-order chi connectivity index (χ1) is 6.98. The van der Waals surface area contributed by atoms with Gasteiger partial charge in [0.15, 0.2) is 0 Å². The Morgan fingerprint density at radius 1 is 1.40 bits per heavy atom. The van der Waals surface area contributed by atoms with Crippen LogP contribution in [0.15, 0.2) is 24.3 Å². The minimum atomic E-state index is -0.924. The number of benzene rings is 1. The van der Waals surface area contributed by atoms with Crippen molar-refractivity contribution < 1.29 is 15.0 Å². The van der Waals surface area contributed by atoms with Gasteiger partial charge in [-0.05, 0) is 24.1 Å². The molecular weight excluding hydrogens is 194 g/mol. The fourth-order valence-electron chi connectivity index (χ4n) is 1.49. The molecule has 1 aromatic carbocycles. The van der Waals surface area contributed by atoms with Crippen molar-refractivity contribution in [3.05, 3.63) is 29.8 Å². The van der Waals surface area contributed by atoms with Crippen LogP contribution in [0.25, 0.3) is 0 Å². The number of rotatable bonds is 4. The number of hydrogen-bond acceptors (Lipinski definition) is 3. The van der Waals surface area contributed by atoms with E-state index in [4.69, 9.17) is 15.9 Å². The smallest absolute Gasteiger partial charge is 0.305 e. The second-order valence-electron chi connectivity index (χ2n) is 3.63. The predicted molar refractivity (Wildman–Crippen MR) is 56.5 cm³/mol. The third-order valence-electron chi connectivity index (χ3n) is 2.54. The second kappa shape index (κ2) is 4.31. The first-order valence-electron chi connectivity index (χ1n) is 4.78. The molecular formula is C11H15NO3. The lowest BCUT2D eigenvalue weighted by atomic mass is 9.85. The molecule has 0 aliphatic carbocycles. The SMILES string of the molecule is CCC(N)(CC(=O)O)c1ccc(O)cc1. The highest BCUT2D eigenvalue weighted by Gasteiger charge is 2.28. The molecule has 0 aliphatic rings. The maximum Gasteiger partial charge on any atom is 0.305 e. The highest BCUT2D eigenvalue weighted by atomic mass is 16.4. The average Bonchev–Trinajstić information content (AvgIpc) is 2.17. The Hall–Kier alpha value is -1.55. The van der Waals surface area contributed by atoms with Crippen molar-refractivity contribution in [3.63, 3.8) is 0 Å². The lowest BCUT2D eigenvalue weighted by Gasteiger charge is -2.26. The molecule has 0 aliphatic heterocycles. The Labute approximate surface area is 88.3 Å². The monoisotopic (exact) mass is 209 g/mol. The zero-order chi connectivity index (χ0) is 11.5. The highest BCUT2D eigenvalue weighted by molar-refractivity contribution is 5.69. The van der Waals surface area contributed by atoms with Crippen LogP contribution in [0, 0.1) is 0 Å². The van der Waals surface area contributed by atoms with Gasteiger partial charge in [0.2, 0.25) is 0 Å². The number of phenolic OH excluding ortho intramolecular Hbond substituents is 1. The molecule has 0 radical (unpaired) electrons. The van der Waals surface area contributed by atoms with E-state index in [0.29, 0.717) is 6.42 Å². The summed E-state index contributed by atoms with van der Waals surface area (Å²) in [5.41, 5.74) is 5.87. The van der Waals surface area contributed by atoms with Crippen molar-refractivity contribution >= 4 is 5.97 Å². The maximum absolute atomic E-state index is 10.7. The summed E-state index contributed by atoms with van der Waals surface area (Å²) in [5.74, 6) is -0.778. The molecule has 0 bridgehead atoms. The fraction of sp³-hybridized carbons (Fsp3) is 0.364. The zero-order valence-electron chi connectivity index (χ0n) is 8.60. The van der Waals surface area contributed by atoms with E-state index < -0.39 is 11.5 Å². The van der Waals surface area contributed by atoms with Crippen LogP contribution in [0.3, 0.4) is 0 Å². The van der Waals surface area contributed by atoms with Gasteiger partial charge in [-0.3, -0.25) is 4.79 Å². The molecule has 82 valence electrons. The van der Waals surface area contributed by atoms with Crippen LogP contribution in [0.4, 0.5) is 0 Å². The van der Waals surface area contributed by atoms with Crippen LogP contribution in [0.1, 0.15) is 25.3 Å². The standard InChI is InChI=1S/C11H15NO3/c1-2-11(12,7-10(14)15)8-3-5-9(13)6-4-8/h3-6,13H,2,7,12H2,1H3,(H,14,15). The van der Waals surface area contributed by atoms with Crippen molar-refractivity contribution in [2.75, 3.05) is 0 Å². The number of hydrogen-bond donors (Lipinski definition) is 3. The number of aromatic hydroxyl groups is 1. The second-order valence-corrected chi connectivity index (χ2v) is 3.63. The molecule has 4 nitrogen and oxygen atoms in total. The van der Waals surface area contributed by atoms with Crippen LogP contribution < -0.4 is 5.73 Å². The van der Waals surface area contributed by atoms with Gasteiger partial charge in [-0.25, -0.2) is 0 Å². The third-order valence-corrected chi connectivity index (χ3v) is 2.54. The molecule has 0 spiro atoms. The summed E-state index contributed by atoms with van der Waals surface area (Å²) in [6.07, 6.45) is 0.415. The number of aliphatic carboxylic acids is 1. The number of phenols is 1. The Balaban J connectivity index is 3.00. The maximum atomic E-state index is 10.7. The lowest BCUT2D eigenvalue weighted by Crippen LogP contribution is -2.38. The van der Waals surface area contributed by atoms with E-state index in [9.17, 15) is 4.79 Å². The first kappa shape index (κ1) is 11.5. The van der Waals surface area contributed by atoms with Crippen LogP contribution in [0.2, 0.25) is 0 Å². The zero-order valence-corrected chi connectivity index (χ0v) is 8.60. The van der Waals surface area contributed by atoms with Crippen LogP contribution in [0.5, 0.6) is 5.75 Å². The van der Waals surface area contributed by atoms with Gasteiger partial charge in [-0.15, -0.1) is 0 Å². The van der Waals surface area contributed by atoms with Gasteiger partial charge >= 0.3 is 5.97 Å². The molecule has 0 saturated heterocycles. The lowest BCUT2D eigenvalue weighted by molar-refractivity contribution is -0.138. The van der Waals surface area contributed by atoms with Crippen molar-refractivity contribution in [3.8, 4) is 5.75 Å². The number of carbonyl (C=O) groups is 1. The fourth-order valence-corrected chi connectivity index (χ4v) is 1.49. The molecule has 0 saturated carbocycles. The van der Waals surface area contributed by atoms with Crippen molar-refractivity contribution in [2.45, 2.75) is 25.3 Å². The average molecular weight is 209 g/mol. The Bertz CT molecular complexity index is 347. The first-order valence-corrected chi connectivity index (χ1v) is 4.78. The Morgan fingerprint density at radius 3 is 2.33 bits per heavy atom. The van der Waals surface area contributed by atoms with E-state index in [2.05, 4.69) is 0 Å². The summed E-state index contributed by atoms with van der Waals surface area (Å²) in [6, 6.07) is 6.33. The molecule has 1 rings (SSSR count). The third kappa shape index (κ3) is 2.70. The molecule has 1 unspecified atom stereocenters. The predicted octanol–water partition coefficient (Wildman–Crippen LogP) is 1.43. The summed E-state index contributed by atoms with van der Waals surface area (Å²) < 4.78 is 0. The summed E-state index contributed by atoms with van der Waals surface area (Å²) in [6.45, 7) is 1.84. The largest absolute Gasteiger partial charge is 0.508 e. The molecule has 4 N–H and O–H groups in total. The topological polar surface area (TPSA) is 83.6 Å². The molecule has 15 heavy (non-hydrogen) atoms. The molecule has 1 atom stereocenters. The normalized spacial score (nSPS) is 14.5. The summed E-state index contributed by atoms with van der Waals surface area (Å²) >= 11 is 0. The van der Waals surface area contributed by atoms with Gasteiger partial charge < -0.3 is 15.9 Å². The van der Waals surface area contributed by atoms with E-state index in [1.165, 1.54) is 12.1 Å². The molecule has 4 heteroatoms. The summed E-state index contributed by atoms with van der Waals surface area (Å²) in [4.78, 5) is 10.7. The van der Waals surface area contributed by atoms with Gasteiger partial charge in [-0.1, -0.05) is 19.1 Å². The van der Waals surface area contributed by atoms with Crippen molar-refractivity contribution in [2.24, 2.45) is 5.73 Å². The van der Waals surface area contributed by atoms with Crippen molar-refractivity contribution in [1.82, 2.24) is 0 Å². The van der Waals surface area contributed by atoms with Gasteiger partial charge in [0.05, 0.1) is 12.0 Å². The number of nitrogens with two attached hydrogens (primary N) is 1. The van der Waals surface area contributed by atoms with E-state index in [-0.39, 0.29) is 12.2 Å². The molecule has 0 fully saturated rings. The van der Waals surface area contributed by atoms with E-state index >= 15 is 0 Å². The summed E-state index contributed by atoms with van der Waals surface area (Å²) in [5, 5.41) is 17.9. The minimum absolute atomic E-state index is 0.117. The minimum Gasteiger partial charge on any atom is -0.508 e. The van der Waals surface area contributed by atoms with E-state index in [0.717, 1.165) is 5.56 Å².